The summed E-state index contributed by atoms with van der Waals surface area (Å²) in [5.41, 5.74) is 11.4. The van der Waals surface area contributed by atoms with Gasteiger partial charge in [0.1, 0.15) is 0 Å². The fourth-order valence-corrected chi connectivity index (χ4v) is 3.82. The van der Waals surface area contributed by atoms with Crippen molar-refractivity contribution >= 4 is 22.2 Å². The average Bonchev–Trinajstić information content (AvgIpc) is 2.82. The Morgan fingerprint density at radius 3 is 2.85 bits per heavy atom. The molecule has 2 aromatic rings. The van der Waals surface area contributed by atoms with Gasteiger partial charge in [-0.3, -0.25) is 4.79 Å². The van der Waals surface area contributed by atoms with Crippen molar-refractivity contribution in [3.8, 4) is 11.1 Å². The molecule has 1 aliphatic rings. The number of aryl methyl sites for hydroxylation is 1. The summed E-state index contributed by atoms with van der Waals surface area (Å²) in [4.78, 5) is 13.6. The molecular weight excluding hydrogens is 268 g/mol. The zero-order valence-corrected chi connectivity index (χ0v) is 12.7. The molecule has 0 aliphatic heterocycles. The fourth-order valence-electron chi connectivity index (χ4n) is 2.72. The number of nitrogens with two attached hydrogens (primary N) is 1. The summed E-state index contributed by atoms with van der Waals surface area (Å²) in [5.74, 6) is -0.0654. The molecule has 3 rings (SSSR count). The van der Waals surface area contributed by atoms with Crippen molar-refractivity contribution in [2.24, 2.45) is 0 Å². The molecule has 0 radical (unpaired) electrons. The van der Waals surface area contributed by atoms with E-state index in [0.717, 1.165) is 12.0 Å². The number of fused-ring (bicyclic) bond motifs is 3. The Hall–Kier alpha value is -1.81. The number of nitrogens with one attached hydrogen (secondary N) is 1. The van der Waals surface area contributed by atoms with Gasteiger partial charge in [0.2, 0.25) is 0 Å². The number of anilines is 1. The van der Waals surface area contributed by atoms with Crippen molar-refractivity contribution in [1.29, 1.82) is 0 Å². The first-order valence-electron chi connectivity index (χ1n) is 6.79. The molecule has 0 atom stereocenters. The van der Waals surface area contributed by atoms with Crippen molar-refractivity contribution in [3.05, 3.63) is 39.8 Å². The maximum Gasteiger partial charge on any atom is 0.255 e. The number of carbonyl (C=O) groups excluding carboxylic acids is 1. The minimum atomic E-state index is -0.0654. The van der Waals surface area contributed by atoms with Gasteiger partial charge in [0.15, 0.2) is 0 Å². The summed E-state index contributed by atoms with van der Waals surface area (Å²) in [6, 6.07) is 6.53. The Morgan fingerprint density at radius 2 is 2.15 bits per heavy atom. The minimum absolute atomic E-state index is 0.0654. The van der Waals surface area contributed by atoms with Crippen LogP contribution in [0.25, 0.3) is 11.1 Å². The summed E-state index contributed by atoms with van der Waals surface area (Å²) >= 11 is 1.54. The van der Waals surface area contributed by atoms with Crippen molar-refractivity contribution in [1.82, 2.24) is 5.32 Å². The number of hydrogen-bond acceptors (Lipinski definition) is 3. The molecule has 1 amide bonds. The molecule has 4 heteroatoms. The van der Waals surface area contributed by atoms with Gasteiger partial charge in [-0.05, 0) is 31.9 Å². The lowest BCUT2D eigenvalue weighted by molar-refractivity contribution is 0.0945. The van der Waals surface area contributed by atoms with E-state index in [0.29, 0.717) is 10.6 Å². The summed E-state index contributed by atoms with van der Waals surface area (Å²) < 4.78 is 0. The molecule has 3 N–H and O–H groups in total. The van der Waals surface area contributed by atoms with E-state index in [1.54, 1.807) is 0 Å². The molecule has 0 spiro atoms. The van der Waals surface area contributed by atoms with E-state index in [-0.39, 0.29) is 11.9 Å². The van der Waals surface area contributed by atoms with Gasteiger partial charge in [-0.2, -0.15) is 0 Å². The quantitative estimate of drug-likeness (QED) is 0.759. The normalized spacial score (nSPS) is 12.4. The van der Waals surface area contributed by atoms with E-state index in [4.69, 9.17) is 5.73 Å². The van der Waals surface area contributed by atoms with Crippen molar-refractivity contribution < 1.29 is 4.79 Å². The van der Waals surface area contributed by atoms with E-state index in [2.05, 4.69) is 30.4 Å². The summed E-state index contributed by atoms with van der Waals surface area (Å²) in [5, 5.41) is 3.57. The first-order valence-corrected chi connectivity index (χ1v) is 7.61. The molecule has 3 nitrogen and oxygen atoms in total. The van der Waals surface area contributed by atoms with Gasteiger partial charge in [-0.15, -0.1) is 11.3 Å². The van der Waals surface area contributed by atoms with Gasteiger partial charge in [0.25, 0.3) is 5.91 Å². The topological polar surface area (TPSA) is 55.1 Å². The first-order chi connectivity index (χ1) is 9.47. The van der Waals surface area contributed by atoms with E-state index in [1.165, 1.54) is 32.9 Å². The lowest BCUT2D eigenvalue weighted by Gasteiger charge is -2.10. The van der Waals surface area contributed by atoms with Gasteiger partial charge in [-0.1, -0.05) is 23.8 Å². The van der Waals surface area contributed by atoms with Crippen LogP contribution in [0.1, 0.15) is 40.2 Å². The summed E-state index contributed by atoms with van der Waals surface area (Å²) in [6.45, 7) is 5.99. The van der Waals surface area contributed by atoms with Gasteiger partial charge >= 0.3 is 0 Å². The van der Waals surface area contributed by atoms with Crippen LogP contribution in [0.15, 0.2) is 18.2 Å². The maximum atomic E-state index is 12.4. The van der Waals surface area contributed by atoms with Crippen LogP contribution in [0.5, 0.6) is 0 Å². The molecular formula is C16H18N2OS. The predicted octanol–water partition coefficient (Wildman–Crippen LogP) is 3.35. The second kappa shape index (κ2) is 4.63. The lowest BCUT2D eigenvalue weighted by atomic mass is 10.0. The highest BCUT2D eigenvalue weighted by Crippen LogP contribution is 2.46. The highest BCUT2D eigenvalue weighted by molar-refractivity contribution is 7.17. The minimum Gasteiger partial charge on any atom is -0.390 e. The third-order valence-corrected chi connectivity index (χ3v) is 4.56. The molecule has 1 heterocycles. The van der Waals surface area contributed by atoms with E-state index < -0.39 is 0 Å². The van der Waals surface area contributed by atoms with Crippen molar-refractivity contribution in [3.63, 3.8) is 0 Å². The molecule has 0 fully saturated rings. The van der Waals surface area contributed by atoms with Gasteiger partial charge in [0, 0.05) is 22.9 Å². The largest absolute Gasteiger partial charge is 0.390 e. The molecule has 0 bridgehead atoms. The number of amides is 1. The molecule has 1 aromatic heterocycles. The third-order valence-electron chi connectivity index (χ3n) is 3.54. The number of thiophene rings is 1. The standard InChI is InChI=1S/C16H18N2OS/c1-8(2)18-16(19)14-13-11-6-9(3)4-5-10(11)7-12(13)20-15(14)17/h4-6,8H,7,17H2,1-3H3,(H,18,19). The van der Waals surface area contributed by atoms with Crippen LogP contribution < -0.4 is 11.1 Å². The predicted molar refractivity (Wildman–Crippen MR) is 84.3 cm³/mol. The second-order valence-electron chi connectivity index (χ2n) is 5.61. The Balaban J connectivity index is 2.14. The van der Waals surface area contributed by atoms with Crippen LogP contribution in [0, 0.1) is 6.92 Å². The monoisotopic (exact) mass is 286 g/mol. The molecule has 1 aromatic carbocycles. The average molecular weight is 286 g/mol. The smallest absolute Gasteiger partial charge is 0.255 e. The van der Waals surface area contributed by atoms with Gasteiger partial charge in [-0.25, -0.2) is 0 Å². The Morgan fingerprint density at radius 1 is 1.40 bits per heavy atom. The van der Waals surface area contributed by atoms with Crippen LogP contribution in [0.4, 0.5) is 5.00 Å². The van der Waals surface area contributed by atoms with Crippen LogP contribution in [0.3, 0.4) is 0 Å². The number of nitrogen functional groups attached to an aromatic ring is 1. The maximum absolute atomic E-state index is 12.4. The van der Waals surface area contributed by atoms with Crippen LogP contribution in [-0.2, 0) is 6.42 Å². The van der Waals surface area contributed by atoms with Crippen LogP contribution in [-0.4, -0.2) is 11.9 Å². The lowest BCUT2D eigenvalue weighted by Crippen LogP contribution is -2.30. The number of hydrogen-bond donors (Lipinski definition) is 2. The Kier molecular flexibility index (Phi) is 3.05. The van der Waals surface area contributed by atoms with Gasteiger partial charge < -0.3 is 11.1 Å². The van der Waals surface area contributed by atoms with Crippen molar-refractivity contribution in [2.75, 3.05) is 5.73 Å². The van der Waals surface area contributed by atoms with Crippen LogP contribution in [0.2, 0.25) is 0 Å². The molecule has 0 unspecified atom stereocenters. The first kappa shape index (κ1) is 13.2. The van der Waals surface area contributed by atoms with E-state index in [1.807, 2.05) is 13.8 Å². The molecule has 1 aliphatic carbocycles. The number of benzene rings is 1. The highest BCUT2D eigenvalue weighted by atomic mass is 32.1. The molecule has 104 valence electrons. The zero-order valence-electron chi connectivity index (χ0n) is 11.9. The SMILES string of the molecule is Cc1ccc2c(c1)-c1c(sc(N)c1C(=O)NC(C)C)C2. The van der Waals surface area contributed by atoms with Gasteiger partial charge in [0.05, 0.1) is 10.6 Å². The number of carbonyl (C=O) groups is 1. The molecule has 0 saturated heterocycles. The number of rotatable bonds is 2. The third kappa shape index (κ3) is 2.00. The highest BCUT2D eigenvalue weighted by Gasteiger charge is 2.29. The van der Waals surface area contributed by atoms with E-state index in [9.17, 15) is 4.79 Å². The summed E-state index contributed by atoms with van der Waals surface area (Å²) in [7, 11) is 0. The second-order valence-corrected chi connectivity index (χ2v) is 6.74. The summed E-state index contributed by atoms with van der Waals surface area (Å²) in [6.07, 6.45) is 0.884. The molecule has 0 saturated carbocycles. The van der Waals surface area contributed by atoms with Crippen molar-refractivity contribution in [2.45, 2.75) is 33.2 Å². The molecule has 20 heavy (non-hydrogen) atoms. The fraction of sp³-hybridized carbons (Fsp3) is 0.312. The van der Waals surface area contributed by atoms with E-state index >= 15 is 0 Å². The van der Waals surface area contributed by atoms with Crippen LogP contribution >= 0.6 is 11.3 Å². The Labute approximate surface area is 122 Å². The Bertz CT molecular complexity index is 701. The zero-order chi connectivity index (χ0) is 14.4.